The minimum atomic E-state index is -1.01. The lowest BCUT2D eigenvalue weighted by atomic mass is 10.0. The highest BCUT2D eigenvalue weighted by Gasteiger charge is 2.20. The van der Waals surface area contributed by atoms with Gasteiger partial charge in [0.1, 0.15) is 0 Å². The molecule has 1 atom stereocenters. The third-order valence-electron chi connectivity index (χ3n) is 4.37. The minimum Gasteiger partial charge on any atom is -0.493 e. The van der Waals surface area contributed by atoms with Crippen LogP contribution in [-0.2, 0) is 19.1 Å². The van der Waals surface area contributed by atoms with Crippen LogP contribution >= 0.6 is 0 Å². The molecule has 27 heavy (non-hydrogen) atoms. The molecule has 150 valence electrons. The summed E-state index contributed by atoms with van der Waals surface area (Å²) in [6.07, 6.45) is 1.71. The predicted molar refractivity (Wildman–Crippen MR) is 97.1 cm³/mol. The van der Waals surface area contributed by atoms with E-state index in [9.17, 15) is 14.7 Å². The first-order valence-electron chi connectivity index (χ1n) is 8.96. The maximum atomic E-state index is 12.3. The number of carbonyl (C=O) groups is 2. The Morgan fingerprint density at radius 3 is 2.56 bits per heavy atom. The zero-order valence-electron chi connectivity index (χ0n) is 15.7. The number of hydrogen-bond donors (Lipinski definition) is 2. The Kier molecular flexibility index (Phi) is 8.35. The number of carboxylic acids is 1. The number of carbonyl (C=O) groups excluding carboxylic acids is 1. The molecule has 1 heterocycles. The summed E-state index contributed by atoms with van der Waals surface area (Å²) in [5.74, 6) is -0.259. The lowest BCUT2D eigenvalue weighted by Crippen LogP contribution is -2.31. The second-order valence-electron chi connectivity index (χ2n) is 6.26. The topological polar surface area (TPSA) is 103 Å². The van der Waals surface area contributed by atoms with Gasteiger partial charge >= 0.3 is 5.97 Å². The fourth-order valence-electron chi connectivity index (χ4n) is 2.92. The molecule has 0 saturated carbocycles. The Hall–Kier alpha value is -2.32. The van der Waals surface area contributed by atoms with Gasteiger partial charge in [-0.25, -0.2) is 0 Å². The largest absolute Gasteiger partial charge is 0.493 e. The molecule has 1 amide bonds. The normalized spacial score (nSPS) is 15.8. The van der Waals surface area contributed by atoms with Crippen LogP contribution in [0, 0.1) is 0 Å². The highest BCUT2D eigenvalue weighted by Crippen LogP contribution is 2.31. The van der Waals surface area contributed by atoms with E-state index in [1.165, 1.54) is 14.2 Å². The van der Waals surface area contributed by atoms with Crippen LogP contribution in [0.5, 0.6) is 11.5 Å². The number of carboxylic acid groups (broad SMARTS) is 1. The van der Waals surface area contributed by atoms with Gasteiger partial charge in [0.05, 0.1) is 39.4 Å². The molecule has 1 unspecified atom stereocenters. The molecule has 2 rings (SSSR count). The summed E-state index contributed by atoms with van der Waals surface area (Å²) in [5, 5.41) is 12.0. The van der Waals surface area contributed by atoms with Crippen LogP contribution < -0.4 is 14.8 Å². The second kappa shape index (κ2) is 10.7. The highest BCUT2D eigenvalue weighted by atomic mass is 16.5. The summed E-state index contributed by atoms with van der Waals surface area (Å²) < 4.78 is 21.4. The van der Waals surface area contributed by atoms with Gasteiger partial charge < -0.3 is 29.4 Å². The highest BCUT2D eigenvalue weighted by molar-refractivity contribution is 5.78. The van der Waals surface area contributed by atoms with Crippen LogP contribution in [-0.4, -0.2) is 57.1 Å². The quantitative estimate of drug-likeness (QED) is 0.638. The van der Waals surface area contributed by atoms with Crippen LogP contribution in [0.1, 0.15) is 37.3 Å². The second-order valence-corrected chi connectivity index (χ2v) is 6.26. The molecular weight excluding hydrogens is 354 g/mol. The van der Waals surface area contributed by atoms with Gasteiger partial charge in [0.2, 0.25) is 5.91 Å². The van der Waals surface area contributed by atoms with Gasteiger partial charge in [-0.15, -0.1) is 0 Å². The molecule has 1 aliphatic heterocycles. The fourth-order valence-corrected chi connectivity index (χ4v) is 2.92. The van der Waals surface area contributed by atoms with E-state index in [1.807, 2.05) is 0 Å². The number of aliphatic carboxylic acids is 1. The van der Waals surface area contributed by atoms with E-state index in [-0.39, 0.29) is 24.9 Å². The van der Waals surface area contributed by atoms with Crippen molar-refractivity contribution in [3.05, 3.63) is 23.8 Å². The van der Waals surface area contributed by atoms with Crippen LogP contribution in [0.25, 0.3) is 0 Å². The molecule has 8 nitrogen and oxygen atoms in total. The average molecular weight is 381 g/mol. The zero-order chi connectivity index (χ0) is 19.6. The van der Waals surface area contributed by atoms with Gasteiger partial charge in [0.15, 0.2) is 11.5 Å². The molecule has 0 aromatic heterocycles. The van der Waals surface area contributed by atoms with Crippen LogP contribution in [0.2, 0.25) is 0 Å². The number of amides is 1. The third kappa shape index (κ3) is 6.73. The first kappa shape index (κ1) is 21.0. The van der Waals surface area contributed by atoms with Gasteiger partial charge in [-0.05, 0) is 30.5 Å². The van der Waals surface area contributed by atoms with Crippen molar-refractivity contribution in [3.63, 3.8) is 0 Å². The first-order chi connectivity index (χ1) is 13.0. The number of ether oxygens (including phenoxy) is 4. The molecule has 0 radical (unpaired) electrons. The Morgan fingerprint density at radius 2 is 1.93 bits per heavy atom. The fraction of sp³-hybridized carbons (Fsp3) is 0.579. The van der Waals surface area contributed by atoms with Gasteiger partial charge in [0.25, 0.3) is 0 Å². The molecule has 2 N–H and O–H groups in total. The van der Waals surface area contributed by atoms with Gasteiger partial charge in [0, 0.05) is 19.6 Å². The Balaban J connectivity index is 1.94. The molecule has 1 fully saturated rings. The lowest BCUT2D eigenvalue weighted by Gasteiger charge is -2.23. The van der Waals surface area contributed by atoms with Crippen molar-refractivity contribution in [2.75, 3.05) is 34.0 Å². The summed E-state index contributed by atoms with van der Waals surface area (Å²) in [6, 6.07) is 4.40. The predicted octanol–water partition coefficient (Wildman–Crippen LogP) is 1.92. The van der Waals surface area contributed by atoms with E-state index < -0.39 is 12.0 Å². The molecule has 1 aromatic rings. The third-order valence-corrected chi connectivity index (χ3v) is 4.37. The minimum absolute atomic E-state index is 0.118. The van der Waals surface area contributed by atoms with Crippen molar-refractivity contribution in [3.8, 4) is 11.5 Å². The molecule has 0 spiro atoms. The molecule has 0 bridgehead atoms. The van der Waals surface area contributed by atoms with Crippen LogP contribution in [0.3, 0.4) is 0 Å². The number of methoxy groups -OCH3 is 2. The Bertz CT molecular complexity index is 628. The van der Waals surface area contributed by atoms with Crippen LogP contribution in [0.4, 0.5) is 0 Å². The maximum absolute atomic E-state index is 12.3. The molecular formula is C19H27NO7. The summed E-state index contributed by atoms with van der Waals surface area (Å²) >= 11 is 0. The van der Waals surface area contributed by atoms with E-state index >= 15 is 0 Å². The average Bonchev–Trinajstić information content (AvgIpc) is 2.67. The lowest BCUT2D eigenvalue weighted by molar-refractivity contribution is -0.137. The number of rotatable bonds is 10. The molecule has 1 aliphatic rings. The van der Waals surface area contributed by atoms with E-state index in [0.29, 0.717) is 36.9 Å². The molecule has 1 aromatic carbocycles. The van der Waals surface area contributed by atoms with Gasteiger partial charge in [-0.3, -0.25) is 9.59 Å². The van der Waals surface area contributed by atoms with Crippen LogP contribution in [0.15, 0.2) is 18.2 Å². The zero-order valence-corrected chi connectivity index (χ0v) is 15.7. The van der Waals surface area contributed by atoms with Crippen molar-refractivity contribution in [2.45, 2.75) is 37.8 Å². The summed E-state index contributed by atoms with van der Waals surface area (Å²) in [4.78, 5) is 23.5. The van der Waals surface area contributed by atoms with Crippen molar-refractivity contribution >= 4 is 11.9 Å². The Morgan fingerprint density at radius 1 is 1.22 bits per heavy atom. The standard InChI is InChI=1S/C19H27NO7/c1-24-16-4-3-13(11-17(16)25-2)15(12-19(22)23)20-18(21)7-10-27-14-5-8-26-9-6-14/h3-4,11,14-15H,5-10,12H2,1-2H3,(H,20,21)(H,22,23). The van der Waals surface area contributed by atoms with E-state index in [2.05, 4.69) is 5.32 Å². The maximum Gasteiger partial charge on any atom is 0.305 e. The summed E-state index contributed by atoms with van der Waals surface area (Å²) in [7, 11) is 3.02. The van der Waals surface area contributed by atoms with Crippen molar-refractivity contribution in [1.29, 1.82) is 0 Å². The van der Waals surface area contributed by atoms with E-state index in [1.54, 1.807) is 18.2 Å². The molecule has 0 aliphatic carbocycles. The van der Waals surface area contributed by atoms with Gasteiger partial charge in [-0.2, -0.15) is 0 Å². The summed E-state index contributed by atoms with van der Waals surface area (Å²) in [5.41, 5.74) is 0.633. The van der Waals surface area contributed by atoms with Crippen molar-refractivity contribution in [1.82, 2.24) is 5.32 Å². The summed E-state index contributed by atoms with van der Waals surface area (Å²) in [6.45, 7) is 1.65. The first-order valence-corrected chi connectivity index (χ1v) is 8.96. The van der Waals surface area contributed by atoms with Gasteiger partial charge in [-0.1, -0.05) is 6.07 Å². The Labute approximate surface area is 158 Å². The number of nitrogens with one attached hydrogen (secondary N) is 1. The van der Waals surface area contributed by atoms with Crippen molar-refractivity contribution in [2.24, 2.45) is 0 Å². The van der Waals surface area contributed by atoms with Crippen molar-refractivity contribution < 1.29 is 33.6 Å². The van der Waals surface area contributed by atoms with E-state index in [4.69, 9.17) is 18.9 Å². The monoisotopic (exact) mass is 381 g/mol. The number of benzene rings is 1. The SMILES string of the molecule is COc1ccc(C(CC(=O)O)NC(=O)CCOC2CCOCC2)cc1OC. The smallest absolute Gasteiger partial charge is 0.305 e. The van der Waals surface area contributed by atoms with E-state index in [0.717, 1.165) is 12.8 Å². The molecule has 8 heteroatoms. The molecule has 1 saturated heterocycles. The number of hydrogen-bond acceptors (Lipinski definition) is 6.